The van der Waals surface area contributed by atoms with Gasteiger partial charge in [0, 0.05) is 25.8 Å². The Balaban J connectivity index is 1.12. The molecule has 0 spiro atoms. The molecule has 0 aliphatic heterocycles. The highest BCUT2D eigenvalue weighted by atomic mass is 32.2. The average Bonchev–Trinajstić information content (AvgIpc) is 3.53. The summed E-state index contributed by atoms with van der Waals surface area (Å²) >= 11 is 0. The number of carbonyl (C=O) groups is 4. The first-order valence-corrected chi connectivity index (χ1v) is 23.6. The second-order valence-corrected chi connectivity index (χ2v) is 20.3. The van der Waals surface area contributed by atoms with E-state index < -0.39 is 45.8 Å². The molecular weight excluding hydrogens is 775 g/mol. The molecule has 9 atom stereocenters. The Morgan fingerprint density at radius 3 is 2.37 bits per heavy atom. The quantitative estimate of drug-likeness (QED) is 0.0424. The zero-order valence-corrected chi connectivity index (χ0v) is 36.6. The van der Waals surface area contributed by atoms with Crippen molar-refractivity contribution in [2.75, 3.05) is 25.4 Å². The third-order valence-electron chi connectivity index (χ3n) is 14.4. The number of ether oxygens (including phenoxy) is 2. The smallest absolute Gasteiger partial charge is 0.408 e. The maximum Gasteiger partial charge on any atom is 0.408 e. The molecule has 0 aromatic heterocycles. The van der Waals surface area contributed by atoms with Crippen LogP contribution in [0.15, 0.2) is 35.9 Å². The number of phenolic OH excluding ortho intramolecular Hbond substituents is 1. The number of phenols is 1. The number of carbonyl (C=O) groups excluding carboxylic acids is 4. The van der Waals surface area contributed by atoms with Crippen LogP contribution in [0.4, 0.5) is 4.79 Å². The molecule has 3 amide bonds. The lowest BCUT2D eigenvalue weighted by Gasteiger charge is -2.58. The molecule has 3 fully saturated rings. The molecule has 1 aromatic rings. The lowest BCUT2D eigenvalue weighted by molar-refractivity contribution is -0.145. The molecule has 0 bridgehead atoms. The molecule has 5 N–H and O–H groups in total. The number of benzene rings is 1. The maximum atomic E-state index is 13.4. The topological polar surface area (TPSA) is 197 Å². The Kier molecular flexibility index (Phi) is 16.0. The summed E-state index contributed by atoms with van der Waals surface area (Å²) in [4.78, 5) is 50.8. The van der Waals surface area contributed by atoms with Crippen LogP contribution in [0.3, 0.4) is 0 Å². The first-order valence-electron chi connectivity index (χ1n) is 22.0. The van der Waals surface area contributed by atoms with Crippen molar-refractivity contribution in [1.82, 2.24) is 16.0 Å². The molecule has 5 rings (SSSR count). The third-order valence-corrected chi connectivity index (χ3v) is 15.1. The predicted molar refractivity (Wildman–Crippen MR) is 225 cm³/mol. The van der Waals surface area contributed by atoms with Crippen LogP contribution in [0.5, 0.6) is 5.75 Å². The Morgan fingerprint density at radius 2 is 1.66 bits per heavy atom. The molecule has 4 aliphatic carbocycles. The number of alkyl carbamates (subject to hydrolysis) is 1. The van der Waals surface area contributed by atoms with Crippen molar-refractivity contribution in [3.63, 3.8) is 0 Å². The normalized spacial score (nSPS) is 28.5. The van der Waals surface area contributed by atoms with Crippen LogP contribution in [-0.2, 0) is 40.4 Å². The fourth-order valence-electron chi connectivity index (χ4n) is 11.3. The van der Waals surface area contributed by atoms with Gasteiger partial charge in [-0.3, -0.25) is 18.9 Å². The lowest BCUT2D eigenvalue weighted by atomic mass is 9.47. The highest BCUT2D eigenvalue weighted by Gasteiger charge is 2.59. The fourth-order valence-corrected chi connectivity index (χ4v) is 11.7. The minimum absolute atomic E-state index is 0.0521. The summed E-state index contributed by atoms with van der Waals surface area (Å²) in [5.41, 5.74) is 2.64. The maximum absolute atomic E-state index is 13.4. The Labute approximate surface area is 351 Å². The van der Waals surface area contributed by atoms with Gasteiger partial charge in [-0.25, -0.2) is 4.79 Å². The zero-order valence-electron chi connectivity index (χ0n) is 35.8. The second-order valence-electron chi connectivity index (χ2n) is 18.8. The number of hydrogen-bond acceptors (Lipinski definition) is 9. The van der Waals surface area contributed by atoms with E-state index in [0.717, 1.165) is 42.9 Å². The van der Waals surface area contributed by atoms with Gasteiger partial charge in [0.05, 0.1) is 18.7 Å². The summed E-state index contributed by atoms with van der Waals surface area (Å²) in [6.45, 7) is 11.7. The van der Waals surface area contributed by atoms with Gasteiger partial charge in [-0.1, -0.05) is 77.7 Å². The van der Waals surface area contributed by atoms with Crippen LogP contribution in [0.25, 0.3) is 0 Å². The molecule has 0 radical (unpaired) electrons. The number of fused-ring (bicyclic) bond motifs is 5. The number of esters is 1. The molecule has 14 heteroatoms. The van der Waals surface area contributed by atoms with Gasteiger partial charge in [-0.2, -0.15) is 8.42 Å². The zero-order chi connectivity index (χ0) is 43.0. The van der Waals surface area contributed by atoms with E-state index in [1.54, 1.807) is 12.1 Å². The minimum Gasteiger partial charge on any atom is -0.508 e. The predicted octanol–water partition coefficient (Wildman–Crippen LogP) is 6.88. The van der Waals surface area contributed by atoms with Gasteiger partial charge in [-0.15, -0.1) is 0 Å². The minimum atomic E-state index is -4.22. The number of amides is 3. The van der Waals surface area contributed by atoms with E-state index in [1.165, 1.54) is 62.7 Å². The largest absolute Gasteiger partial charge is 0.508 e. The molecule has 3 saturated carbocycles. The van der Waals surface area contributed by atoms with Gasteiger partial charge in [0.15, 0.2) is 0 Å². The monoisotopic (exact) mass is 843 g/mol. The van der Waals surface area contributed by atoms with Crippen molar-refractivity contribution in [3.8, 4) is 5.75 Å². The van der Waals surface area contributed by atoms with Crippen molar-refractivity contribution in [2.24, 2.45) is 46.3 Å². The Bertz CT molecular complexity index is 1770. The Morgan fingerprint density at radius 1 is 0.915 bits per heavy atom. The van der Waals surface area contributed by atoms with E-state index >= 15 is 0 Å². The van der Waals surface area contributed by atoms with Crippen LogP contribution < -0.4 is 16.0 Å². The van der Waals surface area contributed by atoms with Gasteiger partial charge >= 0.3 is 12.1 Å². The molecule has 0 heterocycles. The van der Waals surface area contributed by atoms with Crippen molar-refractivity contribution in [3.05, 3.63) is 41.5 Å². The summed E-state index contributed by atoms with van der Waals surface area (Å²) in [5, 5.41) is 17.5. The van der Waals surface area contributed by atoms with Crippen molar-refractivity contribution in [1.29, 1.82) is 0 Å². The van der Waals surface area contributed by atoms with Crippen molar-refractivity contribution < 1.29 is 46.7 Å². The number of rotatable bonds is 19. The molecule has 4 aliphatic rings. The van der Waals surface area contributed by atoms with E-state index in [9.17, 15) is 32.7 Å². The van der Waals surface area contributed by atoms with Crippen LogP contribution in [0.1, 0.15) is 124 Å². The van der Waals surface area contributed by atoms with Gasteiger partial charge in [-0.05, 0) is 109 Å². The van der Waals surface area contributed by atoms with Gasteiger partial charge in [0.1, 0.15) is 24.5 Å². The van der Waals surface area contributed by atoms with Crippen LogP contribution in [-0.4, -0.2) is 79.5 Å². The first-order chi connectivity index (χ1) is 27.9. The number of allylic oxidation sites excluding steroid dienone is 1. The molecule has 13 nitrogen and oxygen atoms in total. The van der Waals surface area contributed by atoms with Gasteiger partial charge in [0.2, 0.25) is 11.8 Å². The van der Waals surface area contributed by atoms with E-state index in [0.29, 0.717) is 29.2 Å². The molecule has 330 valence electrons. The van der Waals surface area contributed by atoms with E-state index in [4.69, 9.17) is 14.0 Å². The fraction of sp³-hybridized carbons (Fsp3) is 0.733. The number of nitrogens with one attached hydrogen (secondary N) is 3. The Hall–Kier alpha value is -3.65. The second kappa shape index (κ2) is 20.3. The molecule has 1 aromatic carbocycles. The summed E-state index contributed by atoms with van der Waals surface area (Å²) in [7, 11) is -4.22. The molecule has 0 unspecified atom stereocenters. The number of aromatic hydroxyl groups is 1. The summed E-state index contributed by atoms with van der Waals surface area (Å²) < 4.78 is 41.5. The first kappa shape index (κ1) is 46.4. The van der Waals surface area contributed by atoms with E-state index in [2.05, 4.69) is 56.6 Å². The molecule has 0 saturated heterocycles. The molecular formula is C45H69N3O10S. The van der Waals surface area contributed by atoms with Gasteiger partial charge < -0.3 is 30.5 Å². The lowest BCUT2D eigenvalue weighted by Crippen LogP contribution is -2.52. The standard InChI is InChI=1S/C45H69N3O10S/c1-29(2)7-6-8-30(3)36-15-16-37-35-14-11-32-28-34(19-21-44(32,4)38(35)20-22-45(36,37)5)58-43(53)48-39(27-31-9-12-33(49)13-10-31)42(52)47-23-25-57-41(51)18-17-40(50)46-24-26-59(54,55)56/h9-13,29-30,34-39,49H,6-8,14-28H2,1-5H3,(H,46,50)(H,47,52)(H,48,53)(H,54,55,56)/t30-,34+,35+,36-,37+,38+,39+,44+,45-/m1/s1. The van der Waals surface area contributed by atoms with E-state index in [1.807, 2.05) is 0 Å². The van der Waals surface area contributed by atoms with Crippen LogP contribution in [0.2, 0.25) is 0 Å². The highest BCUT2D eigenvalue weighted by Crippen LogP contribution is 2.67. The number of hydrogen-bond donors (Lipinski definition) is 5. The average molecular weight is 844 g/mol. The van der Waals surface area contributed by atoms with Gasteiger partial charge in [0.25, 0.3) is 10.1 Å². The summed E-state index contributed by atoms with van der Waals surface area (Å²) in [6, 6.07) is 5.34. The SMILES string of the molecule is CC(C)CCC[C@@H](C)[C@H]1CC[C@H]2[C@@H]3CC=C4C[C@@H](OC(=O)N[C@@H](Cc5ccc(O)cc5)C(=O)NCCOC(=O)CCC(=O)NCCS(=O)(=O)O)CC[C@]4(C)[C@H]3CC[C@]12C. The van der Waals surface area contributed by atoms with Crippen LogP contribution in [0, 0.1) is 46.3 Å². The van der Waals surface area contributed by atoms with Crippen molar-refractivity contribution >= 4 is 34.0 Å². The summed E-state index contributed by atoms with van der Waals surface area (Å²) in [6.07, 6.45) is 13.9. The molecule has 59 heavy (non-hydrogen) atoms. The van der Waals surface area contributed by atoms with Crippen molar-refractivity contribution in [2.45, 2.75) is 137 Å². The third kappa shape index (κ3) is 12.5. The van der Waals surface area contributed by atoms with Crippen LogP contribution >= 0.6 is 0 Å². The highest BCUT2D eigenvalue weighted by molar-refractivity contribution is 7.85. The van der Waals surface area contributed by atoms with E-state index in [-0.39, 0.29) is 56.2 Å². The summed E-state index contributed by atoms with van der Waals surface area (Å²) in [5.74, 6) is 2.14.